The lowest BCUT2D eigenvalue weighted by Gasteiger charge is -2.10. The van der Waals surface area contributed by atoms with Crippen molar-refractivity contribution in [1.29, 1.82) is 0 Å². The van der Waals surface area contributed by atoms with Crippen LogP contribution in [0.15, 0.2) is 85.3 Å². The fourth-order valence-corrected chi connectivity index (χ4v) is 3.17. The number of nitrogens with two attached hydrogens (primary N) is 1. The average molecular weight is 370 g/mol. The molecule has 0 aliphatic carbocycles. The molecule has 132 valence electrons. The number of hydrogen-bond donors (Lipinski definition) is 1. The molecule has 0 unspecified atom stereocenters. The van der Waals surface area contributed by atoms with Crippen LogP contribution < -0.4 is 5.73 Å². The van der Waals surface area contributed by atoms with Crippen molar-refractivity contribution in [3.8, 4) is 22.6 Å². The minimum Gasteiger partial charge on any atom is -0.389 e. The van der Waals surface area contributed by atoms with Crippen molar-refractivity contribution >= 4 is 17.2 Å². The highest BCUT2D eigenvalue weighted by atomic mass is 32.1. The third kappa shape index (κ3) is 3.78. The lowest BCUT2D eigenvalue weighted by molar-refractivity contribution is 0.807. The topological polar surface area (TPSA) is 56.7 Å². The van der Waals surface area contributed by atoms with Crippen molar-refractivity contribution in [3.05, 3.63) is 96.4 Å². The Morgan fingerprint density at radius 1 is 0.889 bits per heavy atom. The van der Waals surface area contributed by atoms with E-state index in [2.05, 4.69) is 44.9 Å². The molecule has 0 radical (unpaired) electrons. The van der Waals surface area contributed by atoms with E-state index in [9.17, 15) is 0 Å². The molecular weight excluding hydrogens is 352 g/mol. The van der Waals surface area contributed by atoms with Crippen molar-refractivity contribution in [2.75, 3.05) is 0 Å². The molecule has 0 bridgehead atoms. The third-order valence-corrected chi connectivity index (χ3v) is 4.62. The van der Waals surface area contributed by atoms with Gasteiger partial charge < -0.3 is 10.3 Å². The first-order valence-electron chi connectivity index (χ1n) is 8.62. The van der Waals surface area contributed by atoms with Gasteiger partial charge in [-0.05, 0) is 23.8 Å². The predicted molar refractivity (Wildman–Crippen MR) is 112 cm³/mol. The van der Waals surface area contributed by atoms with Gasteiger partial charge in [-0.15, -0.1) is 0 Å². The highest BCUT2D eigenvalue weighted by molar-refractivity contribution is 7.80. The number of nitrogens with zero attached hydrogens (tertiary/aromatic N) is 3. The molecule has 27 heavy (non-hydrogen) atoms. The Morgan fingerprint density at radius 2 is 1.70 bits per heavy atom. The lowest BCUT2D eigenvalue weighted by atomic mass is 10.1. The van der Waals surface area contributed by atoms with E-state index in [1.54, 1.807) is 6.20 Å². The summed E-state index contributed by atoms with van der Waals surface area (Å²) in [6, 6.07) is 22.2. The maximum absolute atomic E-state index is 5.75. The van der Waals surface area contributed by atoms with Crippen LogP contribution in [-0.2, 0) is 6.54 Å². The molecular formula is C22H18N4S. The van der Waals surface area contributed by atoms with Gasteiger partial charge in [0.05, 0.1) is 5.69 Å². The summed E-state index contributed by atoms with van der Waals surface area (Å²) in [5.41, 5.74) is 10.9. The largest absolute Gasteiger partial charge is 0.389 e. The van der Waals surface area contributed by atoms with E-state index in [0.717, 1.165) is 33.8 Å². The number of hydrogen-bond acceptors (Lipinski definition) is 3. The maximum Gasteiger partial charge on any atom is 0.140 e. The van der Waals surface area contributed by atoms with Gasteiger partial charge in [0.2, 0.25) is 0 Å². The number of benzene rings is 2. The maximum atomic E-state index is 5.75. The number of thiocarbonyl (C=S) groups is 1. The Kier molecular flexibility index (Phi) is 4.77. The molecule has 0 aliphatic rings. The van der Waals surface area contributed by atoms with E-state index in [-0.39, 0.29) is 0 Å². The van der Waals surface area contributed by atoms with Crippen LogP contribution in [0.25, 0.3) is 22.6 Å². The summed E-state index contributed by atoms with van der Waals surface area (Å²) in [4.78, 5) is 9.35. The van der Waals surface area contributed by atoms with Gasteiger partial charge in [-0.2, -0.15) is 0 Å². The highest BCUT2D eigenvalue weighted by Crippen LogP contribution is 2.23. The van der Waals surface area contributed by atoms with E-state index in [1.807, 2.05) is 48.8 Å². The third-order valence-electron chi connectivity index (χ3n) is 4.38. The monoisotopic (exact) mass is 370 g/mol. The Morgan fingerprint density at radius 3 is 2.44 bits per heavy atom. The summed E-state index contributed by atoms with van der Waals surface area (Å²) in [6.07, 6.45) is 5.60. The number of aromatic nitrogens is 3. The summed E-state index contributed by atoms with van der Waals surface area (Å²) in [5.74, 6) is 0.920. The molecule has 0 saturated carbocycles. The second kappa shape index (κ2) is 7.51. The van der Waals surface area contributed by atoms with E-state index >= 15 is 0 Å². The summed E-state index contributed by atoms with van der Waals surface area (Å²) in [5, 5.41) is 0. The Bertz CT molecular complexity index is 1070. The van der Waals surface area contributed by atoms with Crippen molar-refractivity contribution in [3.63, 3.8) is 0 Å². The van der Waals surface area contributed by atoms with Crippen LogP contribution in [0.3, 0.4) is 0 Å². The first-order chi connectivity index (χ1) is 13.2. The molecule has 2 aromatic carbocycles. The normalized spacial score (nSPS) is 10.7. The summed E-state index contributed by atoms with van der Waals surface area (Å²) < 4.78 is 2.12. The second-order valence-corrected chi connectivity index (χ2v) is 6.68. The van der Waals surface area contributed by atoms with E-state index in [0.29, 0.717) is 11.5 Å². The zero-order chi connectivity index (χ0) is 18.6. The zero-order valence-electron chi connectivity index (χ0n) is 14.6. The van der Waals surface area contributed by atoms with Gasteiger partial charge in [-0.25, -0.2) is 4.98 Å². The standard InChI is InChI=1S/C22H18N4S/c23-21(27)19-5-3-4-16(14-19)15-26-13-12-25-22(26)18-9-7-17(8-10-18)20-6-1-2-11-24-20/h1-14H,15H2,(H2,23,27). The van der Waals surface area contributed by atoms with Crippen LogP contribution in [-0.4, -0.2) is 19.5 Å². The molecule has 0 fully saturated rings. The molecule has 0 aliphatic heterocycles. The van der Waals surface area contributed by atoms with Crippen LogP contribution in [0.5, 0.6) is 0 Å². The van der Waals surface area contributed by atoms with Crippen molar-refractivity contribution < 1.29 is 0 Å². The SMILES string of the molecule is NC(=S)c1cccc(Cn2ccnc2-c2ccc(-c3ccccn3)cc2)c1. The van der Waals surface area contributed by atoms with Crippen LogP contribution >= 0.6 is 12.2 Å². The van der Waals surface area contributed by atoms with Crippen LogP contribution in [0.4, 0.5) is 0 Å². The fraction of sp³-hybridized carbons (Fsp3) is 0.0455. The molecule has 5 heteroatoms. The van der Waals surface area contributed by atoms with Gasteiger partial charge in [0.25, 0.3) is 0 Å². The molecule has 2 N–H and O–H groups in total. The zero-order valence-corrected chi connectivity index (χ0v) is 15.4. The Balaban J connectivity index is 1.60. The van der Waals surface area contributed by atoms with Gasteiger partial charge in [-0.1, -0.05) is 60.7 Å². The second-order valence-electron chi connectivity index (χ2n) is 6.24. The van der Waals surface area contributed by atoms with Gasteiger partial charge in [0.15, 0.2) is 0 Å². The van der Waals surface area contributed by atoms with E-state index < -0.39 is 0 Å². The molecule has 0 amide bonds. The number of imidazole rings is 1. The minimum atomic E-state index is 0.410. The van der Waals surface area contributed by atoms with Gasteiger partial charge in [0, 0.05) is 41.8 Å². The molecule has 2 heterocycles. The summed E-state index contributed by atoms with van der Waals surface area (Å²) >= 11 is 5.08. The quantitative estimate of drug-likeness (QED) is 0.532. The summed E-state index contributed by atoms with van der Waals surface area (Å²) in [6.45, 7) is 0.702. The van der Waals surface area contributed by atoms with Crippen LogP contribution in [0, 0.1) is 0 Å². The summed E-state index contributed by atoms with van der Waals surface area (Å²) in [7, 11) is 0. The molecule has 4 rings (SSSR count). The highest BCUT2D eigenvalue weighted by Gasteiger charge is 2.08. The molecule has 0 atom stereocenters. The van der Waals surface area contributed by atoms with Crippen LogP contribution in [0.2, 0.25) is 0 Å². The fourth-order valence-electron chi connectivity index (χ4n) is 3.04. The average Bonchev–Trinajstić information content (AvgIpc) is 3.17. The number of rotatable bonds is 5. The van der Waals surface area contributed by atoms with Crippen molar-refractivity contribution in [1.82, 2.24) is 14.5 Å². The Labute approximate surface area is 163 Å². The lowest BCUT2D eigenvalue weighted by Crippen LogP contribution is -2.10. The van der Waals surface area contributed by atoms with Gasteiger partial charge in [-0.3, -0.25) is 4.98 Å². The first-order valence-corrected chi connectivity index (χ1v) is 9.03. The minimum absolute atomic E-state index is 0.410. The molecule has 0 spiro atoms. The molecule has 4 aromatic rings. The Hall–Kier alpha value is -3.31. The number of pyridine rings is 1. The smallest absolute Gasteiger partial charge is 0.140 e. The van der Waals surface area contributed by atoms with Gasteiger partial charge >= 0.3 is 0 Å². The van der Waals surface area contributed by atoms with Crippen molar-refractivity contribution in [2.45, 2.75) is 6.54 Å². The predicted octanol–water partition coefficient (Wildman–Crippen LogP) is 4.29. The first kappa shape index (κ1) is 17.1. The molecule has 0 saturated heterocycles. The van der Waals surface area contributed by atoms with E-state index in [4.69, 9.17) is 18.0 Å². The molecule has 2 aromatic heterocycles. The van der Waals surface area contributed by atoms with Crippen molar-refractivity contribution in [2.24, 2.45) is 5.73 Å². The van der Waals surface area contributed by atoms with Gasteiger partial charge in [0.1, 0.15) is 10.8 Å². The van der Waals surface area contributed by atoms with Crippen LogP contribution in [0.1, 0.15) is 11.1 Å². The molecule has 4 nitrogen and oxygen atoms in total. The van der Waals surface area contributed by atoms with E-state index in [1.165, 1.54) is 0 Å².